The normalized spacial score (nSPS) is 10.3. The monoisotopic (exact) mass is 216 g/mol. The van der Waals surface area contributed by atoms with Crippen LogP contribution in [0.25, 0.3) is 10.8 Å². The molecule has 0 aliphatic carbocycles. The summed E-state index contributed by atoms with van der Waals surface area (Å²) in [5, 5.41) is 10.8. The summed E-state index contributed by atoms with van der Waals surface area (Å²) in [6.45, 7) is -0.0546. The number of anilines is 1. The highest BCUT2D eigenvalue weighted by molar-refractivity contribution is 5.92. The van der Waals surface area contributed by atoms with E-state index in [1.807, 2.05) is 30.3 Å². The molecule has 0 radical (unpaired) electrons. The summed E-state index contributed by atoms with van der Waals surface area (Å²) >= 11 is 0. The number of aliphatic carboxylic acids is 1. The largest absolute Gasteiger partial charge is 0.480 e. The molecular weight excluding hydrogens is 204 g/mol. The van der Waals surface area contributed by atoms with E-state index in [1.54, 1.807) is 18.1 Å². The van der Waals surface area contributed by atoms with E-state index in [1.165, 1.54) is 0 Å². The average molecular weight is 216 g/mol. The van der Waals surface area contributed by atoms with Crippen LogP contribution >= 0.6 is 0 Å². The van der Waals surface area contributed by atoms with E-state index in [2.05, 4.69) is 4.98 Å². The molecule has 0 aliphatic rings. The van der Waals surface area contributed by atoms with Crippen LogP contribution in [0.15, 0.2) is 36.5 Å². The second-order valence-electron chi connectivity index (χ2n) is 3.61. The fourth-order valence-electron chi connectivity index (χ4n) is 1.69. The van der Waals surface area contributed by atoms with Crippen LogP contribution in [0.3, 0.4) is 0 Å². The molecule has 0 atom stereocenters. The Labute approximate surface area is 93.1 Å². The van der Waals surface area contributed by atoms with Gasteiger partial charge in [0, 0.05) is 18.6 Å². The van der Waals surface area contributed by atoms with Crippen molar-refractivity contribution >= 4 is 22.6 Å². The SMILES string of the molecule is CN(CC(=O)O)c1nccc2ccccc12. The molecule has 2 aromatic rings. The van der Waals surface area contributed by atoms with E-state index in [0.29, 0.717) is 5.82 Å². The topological polar surface area (TPSA) is 53.4 Å². The molecule has 2 rings (SSSR count). The first-order valence-corrected chi connectivity index (χ1v) is 4.95. The van der Waals surface area contributed by atoms with Gasteiger partial charge in [-0.3, -0.25) is 4.79 Å². The van der Waals surface area contributed by atoms with Crippen LogP contribution < -0.4 is 4.90 Å². The Morgan fingerprint density at radius 2 is 2.12 bits per heavy atom. The van der Waals surface area contributed by atoms with Crippen molar-refractivity contribution in [1.82, 2.24) is 4.98 Å². The van der Waals surface area contributed by atoms with Gasteiger partial charge in [0.25, 0.3) is 0 Å². The Hall–Kier alpha value is -2.10. The first-order chi connectivity index (χ1) is 7.68. The minimum absolute atomic E-state index is 0.0546. The lowest BCUT2D eigenvalue weighted by Gasteiger charge is -2.17. The Kier molecular flexibility index (Phi) is 2.72. The fourth-order valence-corrected chi connectivity index (χ4v) is 1.69. The summed E-state index contributed by atoms with van der Waals surface area (Å²) < 4.78 is 0. The van der Waals surface area contributed by atoms with Gasteiger partial charge in [0.15, 0.2) is 0 Å². The number of nitrogens with zero attached hydrogens (tertiary/aromatic N) is 2. The zero-order chi connectivity index (χ0) is 11.5. The van der Waals surface area contributed by atoms with Crippen molar-refractivity contribution in [3.63, 3.8) is 0 Å². The van der Waals surface area contributed by atoms with E-state index < -0.39 is 5.97 Å². The summed E-state index contributed by atoms with van der Waals surface area (Å²) in [5.41, 5.74) is 0. The summed E-state index contributed by atoms with van der Waals surface area (Å²) in [6, 6.07) is 9.70. The second-order valence-corrected chi connectivity index (χ2v) is 3.61. The molecule has 1 aromatic heterocycles. The van der Waals surface area contributed by atoms with Crippen molar-refractivity contribution in [2.75, 3.05) is 18.5 Å². The van der Waals surface area contributed by atoms with Gasteiger partial charge in [0.2, 0.25) is 0 Å². The Balaban J connectivity index is 2.47. The number of hydrogen-bond donors (Lipinski definition) is 1. The number of hydrogen-bond acceptors (Lipinski definition) is 3. The van der Waals surface area contributed by atoms with Gasteiger partial charge in [0.1, 0.15) is 12.4 Å². The maximum absolute atomic E-state index is 10.6. The minimum Gasteiger partial charge on any atom is -0.480 e. The van der Waals surface area contributed by atoms with Gasteiger partial charge in [-0.2, -0.15) is 0 Å². The van der Waals surface area contributed by atoms with Crippen molar-refractivity contribution in [3.8, 4) is 0 Å². The number of benzene rings is 1. The predicted molar refractivity (Wildman–Crippen MR) is 62.6 cm³/mol. The fraction of sp³-hybridized carbons (Fsp3) is 0.167. The quantitative estimate of drug-likeness (QED) is 0.849. The zero-order valence-corrected chi connectivity index (χ0v) is 8.92. The lowest BCUT2D eigenvalue weighted by atomic mass is 10.1. The van der Waals surface area contributed by atoms with Crippen molar-refractivity contribution in [2.45, 2.75) is 0 Å². The number of carbonyl (C=O) groups is 1. The van der Waals surface area contributed by atoms with Crippen molar-refractivity contribution in [1.29, 1.82) is 0 Å². The van der Waals surface area contributed by atoms with Gasteiger partial charge in [-0.05, 0) is 11.5 Å². The molecule has 0 saturated carbocycles. The van der Waals surface area contributed by atoms with Crippen LogP contribution in [0.1, 0.15) is 0 Å². The highest BCUT2D eigenvalue weighted by Gasteiger charge is 2.09. The molecule has 0 spiro atoms. The van der Waals surface area contributed by atoms with E-state index in [9.17, 15) is 4.79 Å². The van der Waals surface area contributed by atoms with Crippen LogP contribution in [-0.2, 0) is 4.79 Å². The molecule has 1 aromatic carbocycles. The van der Waals surface area contributed by atoms with Crippen molar-refractivity contribution < 1.29 is 9.90 Å². The molecule has 0 unspecified atom stereocenters. The Morgan fingerprint density at radius 3 is 2.88 bits per heavy atom. The molecule has 0 aliphatic heterocycles. The molecule has 1 heterocycles. The van der Waals surface area contributed by atoms with E-state index in [0.717, 1.165) is 10.8 Å². The molecule has 0 fully saturated rings. The molecule has 4 nitrogen and oxygen atoms in total. The van der Waals surface area contributed by atoms with Crippen molar-refractivity contribution in [2.24, 2.45) is 0 Å². The molecule has 82 valence electrons. The number of fused-ring (bicyclic) bond motifs is 1. The number of pyridine rings is 1. The third-order valence-electron chi connectivity index (χ3n) is 2.39. The molecule has 0 amide bonds. The van der Waals surface area contributed by atoms with Gasteiger partial charge in [0.05, 0.1) is 0 Å². The standard InChI is InChI=1S/C12H12N2O2/c1-14(8-11(15)16)12-10-5-3-2-4-9(10)6-7-13-12/h2-7H,8H2,1H3,(H,15,16). The van der Waals surface area contributed by atoms with Gasteiger partial charge in [-0.15, -0.1) is 0 Å². The van der Waals surface area contributed by atoms with Gasteiger partial charge in [-0.25, -0.2) is 4.98 Å². The Bertz CT molecular complexity index is 520. The van der Waals surface area contributed by atoms with E-state index in [4.69, 9.17) is 5.11 Å². The van der Waals surface area contributed by atoms with Crippen LogP contribution in [0.2, 0.25) is 0 Å². The first kappa shape index (κ1) is 10.4. The molecule has 16 heavy (non-hydrogen) atoms. The van der Waals surface area contributed by atoms with Gasteiger partial charge < -0.3 is 10.0 Å². The number of carboxylic acids is 1. The number of carboxylic acid groups (broad SMARTS) is 1. The van der Waals surface area contributed by atoms with Gasteiger partial charge in [-0.1, -0.05) is 24.3 Å². The summed E-state index contributed by atoms with van der Waals surface area (Å²) in [5.74, 6) is -0.169. The zero-order valence-electron chi connectivity index (χ0n) is 8.92. The van der Waals surface area contributed by atoms with Crippen LogP contribution in [0, 0.1) is 0 Å². The highest BCUT2D eigenvalue weighted by atomic mass is 16.4. The third-order valence-corrected chi connectivity index (χ3v) is 2.39. The maximum atomic E-state index is 10.6. The maximum Gasteiger partial charge on any atom is 0.323 e. The number of likely N-dealkylation sites (N-methyl/N-ethyl adjacent to an activating group) is 1. The lowest BCUT2D eigenvalue weighted by Crippen LogP contribution is -2.26. The average Bonchev–Trinajstić information content (AvgIpc) is 2.27. The smallest absolute Gasteiger partial charge is 0.323 e. The summed E-state index contributed by atoms with van der Waals surface area (Å²) in [4.78, 5) is 16.5. The molecule has 0 bridgehead atoms. The molecular formula is C12H12N2O2. The summed E-state index contributed by atoms with van der Waals surface area (Å²) in [7, 11) is 1.73. The third kappa shape index (κ3) is 1.95. The predicted octanol–water partition coefficient (Wildman–Crippen LogP) is 1.76. The minimum atomic E-state index is -0.864. The molecule has 0 saturated heterocycles. The van der Waals surface area contributed by atoms with E-state index >= 15 is 0 Å². The van der Waals surface area contributed by atoms with Gasteiger partial charge >= 0.3 is 5.97 Å². The molecule has 1 N–H and O–H groups in total. The summed E-state index contributed by atoms with van der Waals surface area (Å²) in [6.07, 6.45) is 1.69. The first-order valence-electron chi connectivity index (χ1n) is 4.95. The van der Waals surface area contributed by atoms with E-state index in [-0.39, 0.29) is 6.54 Å². The molecule has 4 heteroatoms. The van der Waals surface area contributed by atoms with Crippen LogP contribution in [0.5, 0.6) is 0 Å². The lowest BCUT2D eigenvalue weighted by molar-refractivity contribution is -0.135. The van der Waals surface area contributed by atoms with Crippen molar-refractivity contribution in [3.05, 3.63) is 36.5 Å². The Morgan fingerprint density at radius 1 is 1.38 bits per heavy atom. The number of rotatable bonds is 3. The second kappa shape index (κ2) is 4.18. The van der Waals surface area contributed by atoms with Crippen LogP contribution in [-0.4, -0.2) is 29.7 Å². The van der Waals surface area contributed by atoms with Crippen LogP contribution in [0.4, 0.5) is 5.82 Å². The number of aromatic nitrogens is 1. The highest BCUT2D eigenvalue weighted by Crippen LogP contribution is 2.22.